The fraction of sp³-hybridized carbons (Fsp3) is 1.00. The van der Waals surface area contributed by atoms with Gasteiger partial charge in [0.1, 0.15) is 0 Å². The molecule has 1 N–H and O–H groups in total. The third-order valence-electron chi connectivity index (χ3n) is 2.44. The summed E-state index contributed by atoms with van der Waals surface area (Å²) in [6.07, 6.45) is 5.41. The van der Waals surface area contributed by atoms with Crippen molar-refractivity contribution in [1.82, 2.24) is 5.32 Å². The second kappa shape index (κ2) is 5.87. The van der Waals surface area contributed by atoms with E-state index in [2.05, 4.69) is 30.9 Å². The average Bonchev–Trinajstić information content (AvgIpc) is 2.53. The van der Waals surface area contributed by atoms with E-state index in [1.54, 1.807) is 0 Å². The Labute approximate surface area is 80.7 Å². The van der Waals surface area contributed by atoms with Gasteiger partial charge in [0.05, 0.1) is 0 Å². The highest BCUT2D eigenvalue weighted by atomic mass is 32.2. The summed E-state index contributed by atoms with van der Waals surface area (Å²) in [7, 11) is 0. The molecule has 0 amide bonds. The van der Waals surface area contributed by atoms with Crippen LogP contribution in [0, 0.1) is 0 Å². The van der Waals surface area contributed by atoms with E-state index in [0.717, 1.165) is 12.1 Å². The van der Waals surface area contributed by atoms with Crippen molar-refractivity contribution in [3.63, 3.8) is 0 Å². The molecule has 0 aromatic heterocycles. The van der Waals surface area contributed by atoms with E-state index in [9.17, 15) is 0 Å². The summed E-state index contributed by atoms with van der Waals surface area (Å²) in [5.41, 5.74) is 0. The first-order chi connectivity index (χ1) is 5.83. The molecule has 1 rings (SSSR count). The normalized spacial score (nSPS) is 26.0. The van der Waals surface area contributed by atoms with Gasteiger partial charge < -0.3 is 5.32 Å². The van der Waals surface area contributed by atoms with Crippen LogP contribution in [0.2, 0.25) is 0 Å². The first-order valence-corrected chi connectivity index (χ1v) is 6.32. The summed E-state index contributed by atoms with van der Waals surface area (Å²) in [6, 6.07) is 1.54. The van der Waals surface area contributed by atoms with Crippen molar-refractivity contribution < 1.29 is 0 Å². The minimum Gasteiger partial charge on any atom is -0.311 e. The zero-order valence-electron chi connectivity index (χ0n) is 8.31. The molecule has 2 heteroatoms. The van der Waals surface area contributed by atoms with E-state index in [1.807, 2.05) is 0 Å². The summed E-state index contributed by atoms with van der Waals surface area (Å²) >= 11 is 2.09. The number of nitrogens with one attached hydrogen (secondary N) is 1. The Bertz CT molecular complexity index is 110. The lowest BCUT2D eigenvalue weighted by Gasteiger charge is -2.18. The highest BCUT2D eigenvalue weighted by molar-refractivity contribution is 7.99. The molecule has 1 aliphatic rings. The summed E-state index contributed by atoms with van der Waals surface area (Å²) in [6.45, 7) is 4.58. The first kappa shape index (κ1) is 10.4. The molecule has 0 aliphatic carbocycles. The molecule has 12 heavy (non-hydrogen) atoms. The highest BCUT2D eigenvalue weighted by Gasteiger charge is 2.16. The first-order valence-electron chi connectivity index (χ1n) is 5.16. The SMILES string of the molecule is CCCCC(C)NC1CCSC1. The predicted molar refractivity (Wildman–Crippen MR) is 57.9 cm³/mol. The molecule has 1 nitrogen and oxygen atoms in total. The number of unbranched alkanes of at least 4 members (excludes halogenated alkanes) is 1. The van der Waals surface area contributed by atoms with Gasteiger partial charge in [-0.3, -0.25) is 0 Å². The van der Waals surface area contributed by atoms with Gasteiger partial charge in [0.2, 0.25) is 0 Å². The molecule has 0 radical (unpaired) electrons. The molecule has 1 fully saturated rings. The Hall–Kier alpha value is 0.310. The van der Waals surface area contributed by atoms with Crippen LogP contribution in [-0.4, -0.2) is 23.6 Å². The van der Waals surface area contributed by atoms with E-state index in [4.69, 9.17) is 0 Å². The van der Waals surface area contributed by atoms with Crippen LogP contribution in [0.25, 0.3) is 0 Å². The molecule has 1 heterocycles. The molecule has 0 bridgehead atoms. The van der Waals surface area contributed by atoms with Gasteiger partial charge in [-0.2, -0.15) is 11.8 Å². The molecule has 72 valence electrons. The summed E-state index contributed by atoms with van der Waals surface area (Å²) < 4.78 is 0. The molecule has 1 saturated heterocycles. The lowest BCUT2D eigenvalue weighted by Crippen LogP contribution is -2.36. The van der Waals surface area contributed by atoms with Crippen LogP contribution < -0.4 is 5.32 Å². The Morgan fingerprint density at radius 3 is 3.00 bits per heavy atom. The molecule has 2 unspecified atom stereocenters. The zero-order chi connectivity index (χ0) is 8.81. The van der Waals surface area contributed by atoms with Crippen molar-refractivity contribution in [3.05, 3.63) is 0 Å². The van der Waals surface area contributed by atoms with Gasteiger partial charge in [-0.25, -0.2) is 0 Å². The second-order valence-electron chi connectivity index (χ2n) is 3.77. The summed E-state index contributed by atoms with van der Waals surface area (Å²) in [4.78, 5) is 0. The maximum Gasteiger partial charge on any atom is 0.0168 e. The fourth-order valence-corrected chi connectivity index (χ4v) is 2.83. The fourth-order valence-electron chi connectivity index (χ4n) is 1.66. The minimum absolute atomic E-state index is 0.730. The molecule has 1 aliphatic heterocycles. The largest absolute Gasteiger partial charge is 0.311 e. The Morgan fingerprint density at radius 1 is 1.58 bits per heavy atom. The van der Waals surface area contributed by atoms with Crippen LogP contribution in [0.3, 0.4) is 0 Å². The van der Waals surface area contributed by atoms with Crippen molar-refractivity contribution >= 4 is 11.8 Å². The maximum absolute atomic E-state index is 3.69. The molecular weight excluding hydrogens is 166 g/mol. The van der Waals surface area contributed by atoms with E-state index >= 15 is 0 Å². The van der Waals surface area contributed by atoms with Crippen LogP contribution in [-0.2, 0) is 0 Å². The molecule has 0 aromatic carbocycles. The molecule has 0 aromatic rings. The van der Waals surface area contributed by atoms with Crippen LogP contribution in [0.15, 0.2) is 0 Å². The van der Waals surface area contributed by atoms with Crippen molar-refractivity contribution in [2.24, 2.45) is 0 Å². The number of hydrogen-bond donors (Lipinski definition) is 1. The topological polar surface area (TPSA) is 12.0 Å². The molecular formula is C10H21NS. The van der Waals surface area contributed by atoms with Gasteiger partial charge in [-0.1, -0.05) is 19.8 Å². The zero-order valence-corrected chi connectivity index (χ0v) is 9.12. The van der Waals surface area contributed by atoms with Crippen molar-refractivity contribution in [2.45, 2.75) is 51.6 Å². The lowest BCUT2D eigenvalue weighted by molar-refractivity contribution is 0.440. The second-order valence-corrected chi connectivity index (χ2v) is 4.92. The van der Waals surface area contributed by atoms with Gasteiger partial charge >= 0.3 is 0 Å². The summed E-state index contributed by atoms with van der Waals surface area (Å²) in [5, 5.41) is 3.69. The number of rotatable bonds is 5. The van der Waals surface area contributed by atoms with Gasteiger partial charge in [-0.05, 0) is 25.5 Å². The van der Waals surface area contributed by atoms with Gasteiger partial charge in [0.15, 0.2) is 0 Å². The minimum atomic E-state index is 0.730. The van der Waals surface area contributed by atoms with E-state index in [-0.39, 0.29) is 0 Å². The highest BCUT2D eigenvalue weighted by Crippen LogP contribution is 2.18. The third-order valence-corrected chi connectivity index (χ3v) is 3.60. The maximum atomic E-state index is 3.69. The summed E-state index contributed by atoms with van der Waals surface area (Å²) in [5.74, 6) is 2.69. The van der Waals surface area contributed by atoms with Crippen LogP contribution in [0.5, 0.6) is 0 Å². The van der Waals surface area contributed by atoms with Crippen LogP contribution in [0.1, 0.15) is 39.5 Å². The predicted octanol–water partition coefficient (Wildman–Crippen LogP) is 2.66. The van der Waals surface area contributed by atoms with Crippen molar-refractivity contribution in [1.29, 1.82) is 0 Å². The third kappa shape index (κ3) is 3.81. The Balaban J connectivity index is 2.03. The lowest BCUT2D eigenvalue weighted by atomic mass is 10.1. The van der Waals surface area contributed by atoms with E-state index in [0.29, 0.717) is 0 Å². The molecule has 2 atom stereocenters. The smallest absolute Gasteiger partial charge is 0.0168 e. The monoisotopic (exact) mass is 187 g/mol. The Morgan fingerprint density at radius 2 is 2.42 bits per heavy atom. The van der Waals surface area contributed by atoms with E-state index in [1.165, 1.54) is 37.2 Å². The standard InChI is InChI=1S/C10H21NS/c1-3-4-5-9(2)11-10-6-7-12-8-10/h9-11H,3-8H2,1-2H3. The van der Waals surface area contributed by atoms with Crippen molar-refractivity contribution in [2.75, 3.05) is 11.5 Å². The van der Waals surface area contributed by atoms with Gasteiger partial charge in [-0.15, -0.1) is 0 Å². The van der Waals surface area contributed by atoms with Gasteiger partial charge in [0, 0.05) is 17.8 Å². The van der Waals surface area contributed by atoms with Crippen LogP contribution >= 0.6 is 11.8 Å². The Kier molecular flexibility index (Phi) is 5.08. The molecule has 0 spiro atoms. The van der Waals surface area contributed by atoms with E-state index < -0.39 is 0 Å². The van der Waals surface area contributed by atoms with Crippen molar-refractivity contribution in [3.8, 4) is 0 Å². The molecule has 0 saturated carbocycles. The average molecular weight is 187 g/mol. The number of thioether (sulfide) groups is 1. The quantitative estimate of drug-likeness (QED) is 0.710. The number of hydrogen-bond acceptors (Lipinski definition) is 2. The van der Waals surface area contributed by atoms with Crippen LogP contribution in [0.4, 0.5) is 0 Å². The van der Waals surface area contributed by atoms with Gasteiger partial charge in [0.25, 0.3) is 0 Å².